The van der Waals surface area contributed by atoms with Gasteiger partial charge >= 0.3 is 0 Å². The molecular weight excluding hydrogens is 501 g/mol. The standard InChI is InChI=1S/C33H30FN5O/c34-26-15-16-27(28(20-26)24-12-10-23(11-13-24)22-6-2-1-3-7-22)33(40)38-18-19-39-31(21-38)36-37-32(39)30-17-14-25-8-4-5-9-29(25)35-30/h1-9,14-17,20,23-24H,10-13,18-19,21H2. The first-order chi connectivity index (χ1) is 19.6. The summed E-state index contributed by atoms with van der Waals surface area (Å²) >= 11 is 0. The Morgan fingerprint density at radius 2 is 1.57 bits per heavy atom. The van der Waals surface area contributed by atoms with E-state index >= 15 is 0 Å². The van der Waals surface area contributed by atoms with Crippen LogP contribution in [0.15, 0.2) is 84.9 Å². The van der Waals surface area contributed by atoms with E-state index in [-0.39, 0.29) is 17.6 Å². The van der Waals surface area contributed by atoms with Crippen LogP contribution in [-0.4, -0.2) is 37.1 Å². The van der Waals surface area contributed by atoms with E-state index in [1.54, 1.807) is 12.1 Å². The van der Waals surface area contributed by atoms with Crippen LogP contribution in [-0.2, 0) is 13.1 Å². The summed E-state index contributed by atoms with van der Waals surface area (Å²) in [7, 11) is 0. The topological polar surface area (TPSA) is 63.9 Å². The maximum atomic E-state index is 14.5. The molecule has 0 bridgehead atoms. The number of fused-ring (bicyclic) bond motifs is 2. The number of pyridine rings is 1. The van der Waals surface area contributed by atoms with E-state index in [0.29, 0.717) is 36.9 Å². The molecule has 200 valence electrons. The van der Waals surface area contributed by atoms with E-state index in [0.717, 1.165) is 53.7 Å². The number of para-hydroxylation sites is 1. The molecule has 1 aliphatic carbocycles. The fraction of sp³-hybridized carbons (Fsp3) is 0.273. The van der Waals surface area contributed by atoms with Gasteiger partial charge in [0.1, 0.15) is 11.5 Å². The second-order valence-corrected chi connectivity index (χ2v) is 10.9. The van der Waals surface area contributed by atoms with E-state index < -0.39 is 0 Å². The van der Waals surface area contributed by atoms with Gasteiger partial charge in [-0.1, -0.05) is 54.6 Å². The number of nitrogens with zero attached hydrogens (tertiary/aromatic N) is 5. The number of halogens is 1. The van der Waals surface area contributed by atoms with Gasteiger partial charge in [-0.15, -0.1) is 10.2 Å². The molecule has 0 N–H and O–H groups in total. The highest BCUT2D eigenvalue weighted by Crippen LogP contribution is 2.42. The largest absolute Gasteiger partial charge is 0.329 e. The van der Waals surface area contributed by atoms with Gasteiger partial charge in [0.25, 0.3) is 5.91 Å². The van der Waals surface area contributed by atoms with Crippen molar-refractivity contribution >= 4 is 16.8 Å². The van der Waals surface area contributed by atoms with Crippen LogP contribution in [0.1, 0.15) is 64.8 Å². The Bertz CT molecular complexity index is 1690. The zero-order chi connectivity index (χ0) is 27.1. The minimum absolute atomic E-state index is 0.0696. The average Bonchev–Trinajstić information content (AvgIpc) is 3.44. The van der Waals surface area contributed by atoms with Crippen molar-refractivity contribution in [1.29, 1.82) is 0 Å². The molecule has 0 radical (unpaired) electrons. The van der Waals surface area contributed by atoms with Crippen molar-refractivity contribution in [3.05, 3.63) is 113 Å². The smallest absolute Gasteiger partial charge is 0.254 e. The summed E-state index contributed by atoms with van der Waals surface area (Å²) in [5.41, 5.74) is 4.49. The highest BCUT2D eigenvalue weighted by molar-refractivity contribution is 5.96. The molecule has 6 nitrogen and oxygen atoms in total. The third-order valence-electron chi connectivity index (χ3n) is 8.55. The summed E-state index contributed by atoms with van der Waals surface area (Å²) in [6.07, 6.45) is 3.97. The number of hydrogen-bond donors (Lipinski definition) is 0. The number of carbonyl (C=O) groups excluding carboxylic acids is 1. The lowest BCUT2D eigenvalue weighted by Crippen LogP contribution is -2.39. The summed E-state index contributed by atoms with van der Waals surface area (Å²) in [6, 6.07) is 27.3. The predicted molar refractivity (Wildman–Crippen MR) is 152 cm³/mol. The first-order valence-electron chi connectivity index (χ1n) is 14.1. The third kappa shape index (κ3) is 4.55. The number of carbonyl (C=O) groups is 1. The highest BCUT2D eigenvalue weighted by atomic mass is 19.1. The Morgan fingerprint density at radius 1 is 0.800 bits per heavy atom. The molecule has 5 aromatic rings. The molecule has 40 heavy (non-hydrogen) atoms. The van der Waals surface area contributed by atoms with E-state index in [9.17, 15) is 9.18 Å². The molecule has 0 saturated heterocycles. The Labute approximate surface area is 232 Å². The zero-order valence-electron chi connectivity index (χ0n) is 22.2. The molecular formula is C33H30FN5O. The minimum Gasteiger partial charge on any atom is -0.329 e. The van der Waals surface area contributed by atoms with Crippen LogP contribution in [0, 0.1) is 5.82 Å². The van der Waals surface area contributed by atoms with Crippen molar-refractivity contribution in [2.75, 3.05) is 6.54 Å². The van der Waals surface area contributed by atoms with Crippen LogP contribution in [0.25, 0.3) is 22.4 Å². The van der Waals surface area contributed by atoms with Crippen molar-refractivity contribution < 1.29 is 9.18 Å². The molecule has 1 aliphatic heterocycles. The number of benzene rings is 3. The molecule has 0 spiro atoms. The molecule has 0 atom stereocenters. The number of hydrogen-bond acceptors (Lipinski definition) is 4. The van der Waals surface area contributed by atoms with Gasteiger partial charge in [0.2, 0.25) is 0 Å². The molecule has 7 heteroatoms. The van der Waals surface area contributed by atoms with Gasteiger partial charge in [0, 0.05) is 24.0 Å². The van der Waals surface area contributed by atoms with Gasteiger partial charge in [-0.25, -0.2) is 9.37 Å². The molecule has 3 aromatic carbocycles. The normalized spacial score (nSPS) is 19.0. The van der Waals surface area contributed by atoms with Crippen LogP contribution in [0.3, 0.4) is 0 Å². The van der Waals surface area contributed by atoms with Gasteiger partial charge in [-0.05, 0) is 79.0 Å². The summed E-state index contributed by atoms with van der Waals surface area (Å²) in [4.78, 5) is 20.4. The molecule has 3 heterocycles. The average molecular weight is 532 g/mol. The summed E-state index contributed by atoms with van der Waals surface area (Å²) < 4.78 is 16.5. The van der Waals surface area contributed by atoms with E-state index in [4.69, 9.17) is 4.98 Å². The van der Waals surface area contributed by atoms with Gasteiger partial charge < -0.3 is 9.47 Å². The summed E-state index contributed by atoms with van der Waals surface area (Å²) in [5, 5.41) is 9.94. The van der Waals surface area contributed by atoms with Crippen LogP contribution in [0.5, 0.6) is 0 Å². The molecule has 1 saturated carbocycles. The lowest BCUT2D eigenvalue weighted by atomic mass is 9.75. The molecule has 0 unspecified atom stereocenters. The Kier molecular flexibility index (Phi) is 6.34. The minimum atomic E-state index is -0.289. The lowest BCUT2D eigenvalue weighted by Gasteiger charge is -2.32. The van der Waals surface area contributed by atoms with Gasteiger partial charge in [-0.2, -0.15) is 0 Å². The number of aromatic nitrogens is 4. The van der Waals surface area contributed by atoms with Crippen LogP contribution >= 0.6 is 0 Å². The monoisotopic (exact) mass is 531 g/mol. The predicted octanol–water partition coefficient (Wildman–Crippen LogP) is 6.73. The van der Waals surface area contributed by atoms with E-state index in [2.05, 4.69) is 39.0 Å². The second-order valence-electron chi connectivity index (χ2n) is 10.9. The SMILES string of the molecule is O=C(c1ccc(F)cc1C1CCC(c2ccccc2)CC1)N1CCn2c(nnc2-c2ccc3ccccc3n2)C1. The Balaban J connectivity index is 1.10. The summed E-state index contributed by atoms with van der Waals surface area (Å²) in [6.45, 7) is 1.47. The van der Waals surface area contributed by atoms with Crippen molar-refractivity contribution in [2.45, 2.75) is 50.6 Å². The molecule has 7 rings (SSSR count). The Morgan fingerprint density at radius 3 is 2.42 bits per heavy atom. The fourth-order valence-electron chi connectivity index (χ4n) is 6.41. The van der Waals surface area contributed by atoms with E-state index in [1.165, 1.54) is 11.6 Å². The van der Waals surface area contributed by atoms with Gasteiger partial charge in [0.05, 0.1) is 12.1 Å². The van der Waals surface area contributed by atoms with Crippen LogP contribution in [0.4, 0.5) is 4.39 Å². The maximum absolute atomic E-state index is 14.5. The first-order valence-corrected chi connectivity index (χ1v) is 14.1. The van der Waals surface area contributed by atoms with Crippen molar-refractivity contribution in [2.24, 2.45) is 0 Å². The second kappa shape index (κ2) is 10.3. The third-order valence-corrected chi connectivity index (χ3v) is 8.55. The lowest BCUT2D eigenvalue weighted by molar-refractivity contribution is 0.0706. The van der Waals surface area contributed by atoms with Crippen molar-refractivity contribution in [3.63, 3.8) is 0 Å². The fourth-order valence-corrected chi connectivity index (χ4v) is 6.41. The molecule has 1 amide bonds. The van der Waals surface area contributed by atoms with Gasteiger partial charge in [-0.3, -0.25) is 4.79 Å². The molecule has 2 aromatic heterocycles. The van der Waals surface area contributed by atoms with Gasteiger partial charge in [0.15, 0.2) is 11.6 Å². The van der Waals surface area contributed by atoms with Crippen LogP contribution < -0.4 is 0 Å². The molecule has 1 fully saturated rings. The maximum Gasteiger partial charge on any atom is 0.254 e. The highest BCUT2D eigenvalue weighted by Gasteiger charge is 2.31. The molecule has 2 aliphatic rings. The van der Waals surface area contributed by atoms with E-state index in [1.807, 2.05) is 47.4 Å². The zero-order valence-corrected chi connectivity index (χ0v) is 22.2. The number of rotatable bonds is 4. The number of amides is 1. The quantitative estimate of drug-likeness (QED) is 0.258. The van der Waals surface area contributed by atoms with Crippen molar-refractivity contribution in [1.82, 2.24) is 24.6 Å². The Hall–Kier alpha value is -4.39. The van der Waals surface area contributed by atoms with Crippen LogP contribution in [0.2, 0.25) is 0 Å². The summed E-state index contributed by atoms with van der Waals surface area (Å²) in [5.74, 6) is 1.78. The first kappa shape index (κ1) is 24.6. The van der Waals surface area contributed by atoms with Crippen molar-refractivity contribution in [3.8, 4) is 11.5 Å².